The van der Waals surface area contributed by atoms with Crippen molar-refractivity contribution in [3.8, 4) is 5.69 Å². The van der Waals surface area contributed by atoms with Crippen molar-refractivity contribution in [2.24, 2.45) is 0 Å². The molecule has 0 saturated carbocycles. The molecule has 0 aliphatic rings. The number of rotatable bonds is 3. The smallest absolute Gasteiger partial charge is 0.278 e. The van der Waals surface area contributed by atoms with Gasteiger partial charge < -0.3 is 5.32 Å². The van der Waals surface area contributed by atoms with E-state index in [1.165, 1.54) is 10.7 Å². The first-order valence-electron chi connectivity index (χ1n) is 6.81. The Morgan fingerprint density at radius 3 is 2.35 bits per heavy atom. The number of aromatic nitrogens is 3. The average Bonchev–Trinajstić information content (AvgIpc) is 2.93. The number of carbonyl (C=O) groups is 1. The Balaban J connectivity index is 1.91. The van der Waals surface area contributed by atoms with Gasteiger partial charge in [0.05, 0.1) is 11.4 Å². The highest BCUT2D eigenvalue weighted by Gasteiger charge is 2.20. The normalized spacial score (nSPS) is 10.6. The van der Waals surface area contributed by atoms with Gasteiger partial charge in [-0.1, -0.05) is 29.5 Å². The molecule has 0 aliphatic heterocycles. The number of amides is 1. The van der Waals surface area contributed by atoms with Gasteiger partial charge in [-0.3, -0.25) is 4.79 Å². The molecule has 0 atom stereocenters. The molecule has 1 aromatic heterocycles. The number of nitrogens with one attached hydrogen (secondary N) is 1. The third-order valence-corrected chi connectivity index (χ3v) is 3.31. The fourth-order valence-corrected chi connectivity index (χ4v) is 2.14. The lowest BCUT2D eigenvalue weighted by Crippen LogP contribution is -2.16. The first-order chi connectivity index (χ1) is 11.1. The summed E-state index contributed by atoms with van der Waals surface area (Å²) in [5.74, 6) is -2.44. The van der Waals surface area contributed by atoms with Gasteiger partial charge in [0.15, 0.2) is 5.69 Å². The van der Waals surface area contributed by atoms with Crippen molar-refractivity contribution < 1.29 is 13.6 Å². The molecule has 1 N–H and O–H groups in total. The SMILES string of the molecule is Cc1c(C(=O)Nc2c(F)cccc2F)nnn1-c1ccccc1. The van der Waals surface area contributed by atoms with Crippen LogP contribution in [-0.4, -0.2) is 20.9 Å². The molecule has 0 saturated heterocycles. The molecule has 0 bridgehead atoms. The topological polar surface area (TPSA) is 59.8 Å². The third kappa shape index (κ3) is 2.80. The molecular weight excluding hydrogens is 302 g/mol. The summed E-state index contributed by atoms with van der Waals surface area (Å²) < 4.78 is 28.7. The van der Waals surface area contributed by atoms with Crippen molar-refractivity contribution in [1.82, 2.24) is 15.0 Å². The molecule has 0 spiro atoms. The van der Waals surface area contributed by atoms with Crippen molar-refractivity contribution in [3.05, 3.63) is 71.6 Å². The van der Waals surface area contributed by atoms with Crippen LogP contribution in [-0.2, 0) is 0 Å². The predicted molar refractivity (Wildman–Crippen MR) is 80.4 cm³/mol. The molecular formula is C16H12F2N4O. The van der Waals surface area contributed by atoms with Crippen LogP contribution in [0.25, 0.3) is 5.69 Å². The lowest BCUT2D eigenvalue weighted by Gasteiger charge is -2.06. The molecule has 0 unspecified atom stereocenters. The molecule has 2 aromatic carbocycles. The van der Waals surface area contributed by atoms with Crippen LogP contribution in [0.4, 0.5) is 14.5 Å². The summed E-state index contributed by atoms with van der Waals surface area (Å²) in [4.78, 5) is 12.2. The van der Waals surface area contributed by atoms with Gasteiger partial charge in [0.1, 0.15) is 17.3 Å². The number of carbonyl (C=O) groups excluding carboxylic acids is 1. The van der Waals surface area contributed by atoms with E-state index in [1.54, 1.807) is 19.1 Å². The second-order valence-corrected chi connectivity index (χ2v) is 4.82. The fraction of sp³-hybridized carbons (Fsp3) is 0.0625. The summed E-state index contributed by atoms with van der Waals surface area (Å²) in [5.41, 5.74) is 0.682. The Labute approximate surface area is 130 Å². The number of benzene rings is 2. The summed E-state index contributed by atoms with van der Waals surface area (Å²) in [6.45, 7) is 1.65. The lowest BCUT2D eigenvalue weighted by atomic mass is 10.2. The maximum absolute atomic E-state index is 13.6. The van der Waals surface area contributed by atoms with Crippen LogP contribution >= 0.6 is 0 Å². The molecule has 0 fully saturated rings. The van der Waals surface area contributed by atoms with Crippen molar-refractivity contribution in [1.29, 1.82) is 0 Å². The summed E-state index contributed by atoms with van der Waals surface area (Å²) in [6.07, 6.45) is 0. The zero-order valence-electron chi connectivity index (χ0n) is 12.1. The zero-order chi connectivity index (χ0) is 16.4. The number of halogens is 2. The van der Waals surface area contributed by atoms with Crippen LogP contribution in [0.5, 0.6) is 0 Å². The number of nitrogens with zero attached hydrogens (tertiary/aromatic N) is 3. The van der Waals surface area contributed by atoms with Crippen LogP contribution in [0.15, 0.2) is 48.5 Å². The molecule has 0 aliphatic carbocycles. The number of hydrogen-bond donors (Lipinski definition) is 1. The van der Waals surface area contributed by atoms with Gasteiger partial charge in [0, 0.05) is 0 Å². The maximum atomic E-state index is 13.6. The van der Waals surface area contributed by atoms with Gasteiger partial charge in [0.25, 0.3) is 5.91 Å². The quantitative estimate of drug-likeness (QED) is 0.808. The molecule has 3 aromatic rings. The van der Waals surface area contributed by atoms with E-state index in [2.05, 4.69) is 15.6 Å². The molecule has 5 nitrogen and oxygen atoms in total. The molecule has 3 rings (SSSR count). The second kappa shape index (κ2) is 5.96. The minimum atomic E-state index is -0.855. The van der Waals surface area contributed by atoms with Gasteiger partial charge in [-0.2, -0.15) is 0 Å². The fourth-order valence-electron chi connectivity index (χ4n) is 2.14. The van der Waals surface area contributed by atoms with Gasteiger partial charge in [-0.05, 0) is 31.2 Å². The van der Waals surface area contributed by atoms with E-state index >= 15 is 0 Å². The van der Waals surface area contributed by atoms with Crippen LogP contribution in [0, 0.1) is 18.6 Å². The number of anilines is 1. The Hall–Kier alpha value is -3.09. The van der Waals surface area contributed by atoms with Crippen molar-refractivity contribution >= 4 is 11.6 Å². The lowest BCUT2D eigenvalue weighted by molar-refractivity contribution is 0.102. The Kier molecular flexibility index (Phi) is 3.84. The second-order valence-electron chi connectivity index (χ2n) is 4.82. The van der Waals surface area contributed by atoms with E-state index in [1.807, 2.05) is 18.2 Å². The average molecular weight is 314 g/mol. The molecule has 7 heteroatoms. The van der Waals surface area contributed by atoms with E-state index < -0.39 is 23.2 Å². The monoisotopic (exact) mass is 314 g/mol. The van der Waals surface area contributed by atoms with E-state index in [0.717, 1.165) is 17.8 Å². The highest BCUT2D eigenvalue weighted by Crippen LogP contribution is 2.19. The van der Waals surface area contributed by atoms with Crippen molar-refractivity contribution in [2.75, 3.05) is 5.32 Å². The summed E-state index contributed by atoms with van der Waals surface area (Å²) in [5, 5.41) is 9.91. The van der Waals surface area contributed by atoms with Crippen LogP contribution in [0.1, 0.15) is 16.2 Å². The van der Waals surface area contributed by atoms with Gasteiger partial charge in [0.2, 0.25) is 0 Å². The summed E-state index contributed by atoms with van der Waals surface area (Å²) >= 11 is 0. The minimum absolute atomic E-state index is 0.00324. The largest absolute Gasteiger partial charge is 0.316 e. The van der Waals surface area contributed by atoms with Crippen LogP contribution in [0.2, 0.25) is 0 Å². The molecule has 1 heterocycles. The van der Waals surface area contributed by atoms with Gasteiger partial charge in [-0.25, -0.2) is 13.5 Å². The van der Waals surface area contributed by atoms with Gasteiger partial charge in [-0.15, -0.1) is 5.10 Å². The molecule has 1 amide bonds. The van der Waals surface area contributed by atoms with E-state index in [9.17, 15) is 13.6 Å². The highest BCUT2D eigenvalue weighted by atomic mass is 19.1. The predicted octanol–water partition coefficient (Wildman–Crippen LogP) is 3.11. The zero-order valence-corrected chi connectivity index (χ0v) is 12.1. The number of hydrogen-bond acceptors (Lipinski definition) is 3. The van der Waals surface area contributed by atoms with Crippen molar-refractivity contribution in [3.63, 3.8) is 0 Å². The standard InChI is InChI=1S/C16H12F2N4O/c1-10-14(20-21-22(10)11-6-3-2-4-7-11)16(23)19-15-12(17)8-5-9-13(15)18/h2-9H,1H3,(H,19,23). The van der Waals surface area contributed by atoms with E-state index in [0.29, 0.717) is 5.69 Å². The van der Waals surface area contributed by atoms with E-state index in [-0.39, 0.29) is 5.69 Å². The Morgan fingerprint density at radius 1 is 1.04 bits per heavy atom. The van der Waals surface area contributed by atoms with Crippen LogP contribution in [0.3, 0.4) is 0 Å². The van der Waals surface area contributed by atoms with Gasteiger partial charge >= 0.3 is 0 Å². The Morgan fingerprint density at radius 2 is 1.70 bits per heavy atom. The summed E-state index contributed by atoms with van der Waals surface area (Å²) in [7, 11) is 0. The summed E-state index contributed by atoms with van der Waals surface area (Å²) in [6, 6.07) is 12.5. The van der Waals surface area contributed by atoms with Crippen LogP contribution < -0.4 is 5.32 Å². The first kappa shape index (κ1) is 14.8. The third-order valence-electron chi connectivity index (χ3n) is 3.31. The maximum Gasteiger partial charge on any atom is 0.278 e. The first-order valence-corrected chi connectivity index (χ1v) is 6.81. The molecule has 23 heavy (non-hydrogen) atoms. The highest BCUT2D eigenvalue weighted by molar-refractivity contribution is 6.03. The molecule has 116 valence electrons. The van der Waals surface area contributed by atoms with E-state index in [4.69, 9.17) is 0 Å². The molecule has 0 radical (unpaired) electrons. The van der Waals surface area contributed by atoms with Crippen molar-refractivity contribution in [2.45, 2.75) is 6.92 Å². The number of para-hydroxylation sites is 2. The Bertz CT molecular complexity index is 842. The minimum Gasteiger partial charge on any atom is -0.316 e.